The molecule has 0 atom stereocenters. The second-order valence-electron chi connectivity index (χ2n) is 11.9. The van der Waals surface area contributed by atoms with Crippen LogP contribution in [0.1, 0.15) is 50.2 Å². The van der Waals surface area contributed by atoms with E-state index in [9.17, 15) is 9.59 Å². The quantitative estimate of drug-likeness (QED) is 0.0357. The van der Waals surface area contributed by atoms with Crippen LogP contribution in [-0.2, 0) is 19.1 Å². The Morgan fingerprint density at radius 2 is 1.06 bits per heavy atom. The molecule has 0 aliphatic carbocycles. The predicted molar refractivity (Wildman–Crippen MR) is 206 cm³/mol. The third-order valence-electron chi connectivity index (χ3n) is 7.73. The van der Waals surface area contributed by atoms with E-state index < -0.39 is 5.97 Å². The first-order chi connectivity index (χ1) is 26.3. The molecule has 0 amide bonds. The van der Waals surface area contributed by atoms with E-state index in [4.69, 9.17) is 23.7 Å². The van der Waals surface area contributed by atoms with Gasteiger partial charge in [0.1, 0.15) is 5.75 Å². The summed E-state index contributed by atoms with van der Waals surface area (Å²) < 4.78 is 27.2. The van der Waals surface area contributed by atoms with E-state index in [0.29, 0.717) is 91.3 Å². The van der Waals surface area contributed by atoms with E-state index in [1.165, 1.54) is 0 Å². The molecule has 0 heterocycles. The number of rotatable bonds is 21. The minimum atomic E-state index is -0.432. The van der Waals surface area contributed by atoms with Crippen LogP contribution in [0.2, 0.25) is 0 Å². The average Bonchev–Trinajstić information content (AvgIpc) is 3.19. The largest absolute Gasteiger partial charge is 0.493 e. The van der Waals surface area contributed by atoms with Gasteiger partial charge in [-0.2, -0.15) is 30.7 Å². The first-order valence-corrected chi connectivity index (χ1v) is 17.7. The minimum absolute atomic E-state index is 0.181. The summed E-state index contributed by atoms with van der Waals surface area (Å²) in [7, 11) is 1.56. The lowest BCUT2D eigenvalue weighted by Crippen LogP contribution is -2.06. The van der Waals surface area contributed by atoms with E-state index in [1.54, 1.807) is 32.2 Å². The number of esters is 2. The van der Waals surface area contributed by atoms with E-state index in [0.717, 1.165) is 35.8 Å². The van der Waals surface area contributed by atoms with Gasteiger partial charge in [-0.3, -0.25) is 4.79 Å². The van der Waals surface area contributed by atoms with Crippen molar-refractivity contribution in [3.63, 3.8) is 0 Å². The second kappa shape index (κ2) is 22.0. The van der Waals surface area contributed by atoms with Gasteiger partial charge in [-0.15, -0.1) is 0 Å². The van der Waals surface area contributed by atoms with Gasteiger partial charge in [0.25, 0.3) is 0 Å². The third kappa shape index (κ3) is 13.7. The zero-order valence-electron chi connectivity index (χ0n) is 31.2. The first-order valence-electron chi connectivity index (χ1n) is 17.7. The molecule has 0 N–H and O–H groups in total. The van der Waals surface area contributed by atoms with Crippen LogP contribution in [0, 0.1) is 13.8 Å². The summed E-state index contributed by atoms with van der Waals surface area (Å²) in [6.45, 7) is 10.8. The van der Waals surface area contributed by atoms with Crippen molar-refractivity contribution >= 4 is 46.1 Å². The Morgan fingerprint density at radius 1 is 0.574 bits per heavy atom. The summed E-state index contributed by atoms with van der Waals surface area (Å²) in [6, 6.07) is 23.9. The topological polar surface area (TPSA) is 154 Å². The van der Waals surface area contributed by atoms with Crippen LogP contribution in [0.25, 0.3) is 0 Å². The van der Waals surface area contributed by atoms with Gasteiger partial charge in [-0.1, -0.05) is 13.5 Å². The number of carbonyl (C=O) groups excluding carboxylic acids is 2. The normalized spacial score (nSPS) is 11.3. The molecule has 4 aromatic carbocycles. The number of nitrogens with zero attached hydrogens (tertiary/aromatic N) is 6. The fraction of sp³-hybridized carbons (Fsp3) is 0.317. The smallest absolute Gasteiger partial charge is 0.330 e. The SMILES string of the molecule is C=CC(=O)OCCCCOc1ccc(N=Nc2ccc(N=Nc3ccc(N=Nc4ccc(OCCCCOC(=O)CC)c(C)c4)cc3)c(C)c2)cc1OC. The molecule has 282 valence electrons. The summed E-state index contributed by atoms with van der Waals surface area (Å²) in [4.78, 5) is 22.3. The zero-order chi connectivity index (χ0) is 38.5. The number of hydrogen-bond donors (Lipinski definition) is 0. The van der Waals surface area contributed by atoms with Crippen molar-refractivity contribution in [2.45, 2.75) is 52.9 Å². The summed E-state index contributed by atoms with van der Waals surface area (Å²) >= 11 is 0. The van der Waals surface area contributed by atoms with Gasteiger partial charge in [-0.05, 0) is 123 Å². The van der Waals surface area contributed by atoms with Crippen LogP contribution in [0.4, 0.5) is 34.1 Å². The molecule has 13 nitrogen and oxygen atoms in total. The van der Waals surface area contributed by atoms with E-state index in [-0.39, 0.29) is 5.97 Å². The number of benzene rings is 4. The number of hydrogen-bond acceptors (Lipinski definition) is 13. The molecule has 54 heavy (non-hydrogen) atoms. The molecule has 0 fully saturated rings. The number of carbonyl (C=O) groups is 2. The summed E-state index contributed by atoms with van der Waals surface area (Å²) in [6.07, 6.45) is 4.47. The van der Waals surface area contributed by atoms with Crippen LogP contribution in [0.3, 0.4) is 0 Å². The molecule has 4 aromatic rings. The third-order valence-corrected chi connectivity index (χ3v) is 7.73. The van der Waals surface area contributed by atoms with Gasteiger partial charge >= 0.3 is 11.9 Å². The molecule has 4 rings (SSSR count). The highest BCUT2D eigenvalue weighted by Gasteiger charge is 2.07. The fourth-order valence-corrected chi connectivity index (χ4v) is 4.73. The number of ether oxygens (including phenoxy) is 5. The lowest BCUT2D eigenvalue weighted by molar-refractivity contribution is -0.143. The molecule has 0 aromatic heterocycles. The van der Waals surface area contributed by atoms with Crippen LogP contribution in [0.5, 0.6) is 17.2 Å². The van der Waals surface area contributed by atoms with E-state index in [2.05, 4.69) is 37.3 Å². The van der Waals surface area contributed by atoms with Crippen molar-refractivity contribution < 1.29 is 33.3 Å². The molecular weight excluding hydrogens is 688 g/mol. The second-order valence-corrected chi connectivity index (χ2v) is 11.9. The monoisotopic (exact) mass is 734 g/mol. The Morgan fingerprint density at radius 3 is 1.63 bits per heavy atom. The number of methoxy groups -OCH3 is 1. The summed E-state index contributed by atoms with van der Waals surface area (Å²) in [5.41, 5.74) is 5.90. The molecular formula is C41H46N6O7. The van der Waals surface area contributed by atoms with Crippen molar-refractivity contribution in [3.8, 4) is 17.2 Å². The average molecular weight is 735 g/mol. The van der Waals surface area contributed by atoms with Crippen LogP contribution < -0.4 is 14.2 Å². The molecule has 13 heteroatoms. The molecule has 0 aliphatic rings. The highest BCUT2D eigenvalue weighted by atomic mass is 16.5. The summed E-state index contributed by atoms with van der Waals surface area (Å²) in [5.74, 6) is 1.30. The fourth-order valence-electron chi connectivity index (χ4n) is 4.73. The maximum absolute atomic E-state index is 11.2. The van der Waals surface area contributed by atoms with Gasteiger partial charge < -0.3 is 23.7 Å². The van der Waals surface area contributed by atoms with Gasteiger partial charge in [0.05, 0.1) is 67.7 Å². The van der Waals surface area contributed by atoms with Crippen molar-refractivity contribution in [3.05, 3.63) is 103 Å². The standard InChI is InChI=1S/C41H46N6O7/c1-6-40(48)53-24-10-8-22-51-37-20-17-34(27-30(37)4)44-42-31-12-14-32(15-13-31)43-47-36-19-16-33(26-29(36)3)45-46-35-18-21-38(39(28-35)50-5)52-23-9-11-25-54-41(49)7-2/h7,12-21,26-28H,2,6,8-11,22-25H2,1,3-5H3. The number of azo groups is 3. The Hall–Kier alpha value is -6.24. The zero-order valence-corrected chi connectivity index (χ0v) is 31.2. The number of unbranched alkanes of at least 4 members (excludes halogenated alkanes) is 2. The molecule has 0 radical (unpaired) electrons. The Balaban J connectivity index is 1.24. The van der Waals surface area contributed by atoms with Crippen LogP contribution in [-0.4, -0.2) is 45.5 Å². The van der Waals surface area contributed by atoms with E-state index in [1.807, 2.05) is 74.5 Å². The number of aryl methyl sites for hydroxylation is 2. The van der Waals surface area contributed by atoms with Gasteiger partial charge in [0, 0.05) is 18.6 Å². The van der Waals surface area contributed by atoms with Crippen LogP contribution in [0.15, 0.2) is 122 Å². The van der Waals surface area contributed by atoms with Crippen molar-refractivity contribution in [2.75, 3.05) is 33.5 Å². The van der Waals surface area contributed by atoms with Gasteiger partial charge in [0.15, 0.2) is 11.5 Å². The molecule has 0 spiro atoms. The first kappa shape index (κ1) is 40.5. The highest BCUT2D eigenvalue weighted by molar-refractivity contribution is 5.81. The molecule has 0 unspecified atom stereocenters. The van der Waals surface area contributed by atoms with Crippen LogP contribution >= 0.6 is 0 Å². The van der Waals surface area contributed by atoms with E-state index >= 15 is 0 Å². The Bertz CT molecular complexity index is 1940. The molecule has 0 bridgehead atoms. The molecule has 0 aliphatic heterocycles. The van der Waals surface area contributed by atoms with Crippen molar-refractivity contribution in [2.24, 2.45) is 30.7 Å². The highest BCUT2D eigenvalue weighted by Crippen LogP contribution is 2.33. The predicted octanol–water partition coefficient (Wildman–Crippen LogP) is 11.6. The van der Waals surface area contributed by atoms with Gasteiger partial charge in [0.2, 0.25) is 0 Å². The maximum Gasteiger partial charge on any atom is 0.330 e. The van der Waals surface area contributed by atoms with Crippen molar-refractivity contribution in [1.82, 2.24) is 0 Å². The Kier molecular flexibility index (Phi) is 16.5. The lowest BCUT2D eigenvalue weighted by Gasteiger charge is -2.11. The summed E-state index contributed by atoms with van der Waals surface area (Å²) in [5, 5.41) is 26.2. The lowest BCUT2D eigenvalue weighted by atomic mass is 10.2. The molecule has 0 saturated heterocycles. The maximum atomic E-state index is 11.2. The minimum Gasteiger partial charge on any atom is -0.493 e. The molecule has 0 saturated carbocycles. The Labute approximate surface area is 315 Å². The van der Waals surface area contributed by atoms with Crippen molar-refractivity contribution in [1.29, 1.82) is 0 Å². The van der Waals surface area contributed by atoms with Gasteiger partial charge in [-0.25, -0.2) is 4.79 Å².